The molecule has 1 saturated heterocycles. The lowest BCUT2D eigenvalue weighted by atomic mass is 10.0. The van der Waals surface area contributed by atoms with Crippen molar-refractivity contribution < 1.29 is 0 Å². The fourth-order valence-corrected chi connectivity index (χ4v) is 3.20. The van der Waals surface area contributed by atoms with Crippen molar-refractivity contribution in [2.45, 2.75) is 57.4 Å². The molecule has 1 unspecified atom stereocenters. The van der Waals surface area contributed by atoms with Crippen molar-refractivity contribution in [1.29, 1.82) is 0 Å². The van der Waals surface area contributed by atoms with Crippen molar-refractivity contribution in [3.63, 3.8) is 0 Å². The molecule has 1 aliphatic carbocycles. The average molecular weight is 210 g/mol. The topological polar surface area (TPSA) is 29.3 Å². The Morgan fingerprint density at radius 3 is 2.60 bits per heavy atom. The lowest BCUT2D eigenvalue weighted by molar-refractivity contribution is 0.202. The lowest BCUT2D eigenvalue weighted by Gasteiger charge is -2.30. The highest BCUT2D eigenvalue weighted by Crippen LogP contribution is 2.28. The Labute approximate surface area is 94.2 Å². The number of piperidine rings is 1. The first-order valence-electron chi connectivity index (χ1n) is 6.82. The third-order valence-electron chi connectivity index (χ3n) is 4.10. The number of hydrogen-bond donors (Lipinski definition) is 1. The predicted octanol–water partition coefficient (Wildman–Crippen LogP) is 2.38. The summed E-state index contributed by atoms with van der Waals surface area (Å²) >= 11 is 0. The maximum absolute atomic E-state index is 5.98. The zero-order valence-electron chi connectivity index (χ0n) is 9.96. The molecule has 2 rings (SSSR count). The number of nitrogens with zero attached hydrogens (tertiary/aromatic N) is 1. The second-order valence-electron chi connectivity index (χ2n) is 5.50. The highest BCUT2D eigenvalue weighted by atomic mass is 15.1. The molecule has 1 aliphatic heterocycles. The number of nitrogens with two attached hydrogens (primary N) is 1. The van der Waals surface area contributed by atoms with Crippen LogP contribution in [0.25, 0.3) is 0 Å². The molecule has 88 valence electrons. The Kier molecular flexibility index (Phi) is 4.45. The summed E-state index contributed by atoms with van der Waals surface area (Å²) in [5.74, 6) is 1.06. The Hall–Kier alpha value is -0.0800. The Morgan fingerprint density at radius 2 is 1.87 bits per heavy atom. The van der Waals surface area contributed by atoms with E-state index >= 15 is 0 Å². The second kappa shape index (κ2) is 5.86. The molecular weight excluding hydrogens is 184 g/mol. The van der Waals surface area contributed by atoms with E-state index in [4.69, 9.17) is 5.73 Å². The van der Waals surface area contributed by atoms with Crippen LogP contribution in [0.4, 0.5) is 0 Å². The molecule has 2 heteroatoms. The number of hydrogen-bond acceptors (Lipinski definition) is 2. The number of likely N-dealkylation sites (tertiary alicyclic amines) is 1. The molecule has 0 bridgehead atoms. The van der Waals surface area contributed by atoms with Crippen LogP contribution in [0.15, 0.2) is 0 Å². The molecule has 0 radical (unpaired) electrons. The molecule has 2 aliphatic rings. The van der Waals surface area contributed by atoms with Gasteiger partial charge in [0.1, 0.15) is 0 Å². The third kappa shape index (κ3) is 3.76. The fraction of sp³-hybridized carbons (Fsp3) is 1.00. The van der Waals surface area contributed by atoms with Crippen LogP contribution < -0.4 is 5.73 Å². The molecule has 1 atom stereocenters. The quantitative estimate of drug-likeness (QED) is 0.772. The Morgan fingerprint density at radius 1 is 1.07 bits per heavy atom. The van der Waals surface area contributed by atoms with Crippen LogP contribution in [-0.4, -0.2) is 30.6 Å². The van der Waals surface area contributed by atoms with Crippen LogP contribution in [-0.2, 0) is 0 Å². The first kappa shape index (κ1) is 11.4. The highest BCUT2D eigenvalue weighted by molar-refractivity contribution is 4.75. The molecule has 1 heterocycles. The summed E-state index contributed by atoms with van der Waals surface area (Å²) in [6, 6.07) is 0.449. The van der Waals surface area contributed by atoms with Crippen LogP contribution in [0.2, 0.25) is 0 Å². The molecule has 1 saturated carbocycles. The van der Waals surface area contributed by atoms with Gasteiger partial charge in [-0.15, -0.1) is 0 Å². The standard InChI is InChI=1S/C13H26N2/c14-13-8-4-10-15(11-13)9-3-7-12-5-1-2-6-12/h12-13H,1-11,14H2. The van der Waals surface area contributed by atoms with Crippen LogP contribution in [0, 0.1) is 5.92 Å². The van der Waals surface area contributed by atoms with E-state index in [1.54, 1.807) is 0 Å². The van der Waals surface area contributed by atoms with Crippen molar-refractivity contribution >= 4 is 0 Å². The second-order valence-corrected chi connectivity index (χ2v) is 5.50. The van der Waals surface area contributed by atoms with Crippen molar-refractivity contribution in [3.8, 4) is 0 Å². The molecule has 15 heavy (non-hydrogen) atoms. The molecule has 2 N–H and O–H groups in total. The zero-order valence-corrected chi connectivity index (χ0v) is 9.96. The van der Waals surface area contributed by atoms with Gasteiger partial charge in [-0.25, -0.2) is 0 Å². The Balaban J connectivity index is 1.56. The van der Waals surface area contributed by atoms with E-state index < -0.39 is 0 Å². The first-order chi connectivity index (χ1) is 7.34. The van der Waals surface area contributed by atoms with E-state index in [1.165, 1.54) is 64.5 Å². The van der Waals surface area contributed by atoms with Gasteiger partial charge in [-0.2, -0.15) is 0 Å². The van der Waals surface area contributed by atoms with Gasteiger partial charge in [-0.1, -0.05) is 25.7 Å². The van der Waals surface area contributed by atoms with Crippen molar-refractivity contribution in [2.75, 3.05) is 19.6 Å². The van der Waals surface area contributed by atoms with Gasteiger partial charge < -0.3 is 10.6 Å². The van der Waals surface area contributed by atoms with E-state index in [0.717, 1.165) is 12.5 Å². The summed E-state index contributed by atoms with van der Waals surface area (Å²) in [6.07, 6.45) is 11.4. The van der Waals surface area contributed by atoms with Crippen molar-refractivity contribution in [1.82, 2.24) is 4.90 Å². The molecule has 0 spiro atoms. The lowest BCUT2D eigenvalue weighted by Crippen LogP contribution is -2.43. The van der Waals surface area contributed by atoms with Gasteiger partial charge >= 0.3 is 0 Å². The largest absolute Gasteiger partial charge is 0.327 e. The molecule has 2 fully saturated rings. The molecule has 0 aromatic carbocycles. The van der Waals surface area contributed by atoms with Gasteiger partial charge in [0.25, 0.3) is 0 Å². The predicted molar refractivity (Wildman–Crippen MR) is 64.8 cm³/mol. The molecule has 0 amide bonds. The van der Waals surface area contributed by atoms with Gasteiger partial charge in [0.15, 0.2) is 0 Å². The SMILES string of the molecule is NC1CCCN(CCCC2CCCC2)C1. The van der Waals surface area contributed by atoms with Crippen molar-refractivity contribution in [3.05, 3.63) is 0 Å². The van der Waals surface area contributed by atoms with Gasteiger partial charge in [0, 0.05) is 12.6 Å². The maximum atomic E-state index is 5.98. The summed E-state index contributed by atoms with van der Waals surface area (Å²) in [4.78, 5) is 2.57. The van der Waals surface area contributed by atoms with E-state index in [9.17, 15) is 0 Å². The summed E-state index contributed by atoms with van der Waals surface area (Å²) in [6.45, 7) is 3.73. The summed E-state index contributed by atoms with van der Waals surface area (Å²) in [5.41, 5.74) is 5.98. The normalized spacial score (nSPS) is 29.8. The minimum Gasteiger partial charge on any atom is -0.327 e. The summed E-state index contributed by atoms with van der Waals surface area (Å²) in [7, 11) is 0. The third-order valence-corrected chi connectivity index (χ3v) is 4.10. The Bertz CT molecular complexity index is 175. The minimum atomic E-state index is 0.449. The summed E-state index contributed by atoms with van der Waals surface area (Å²) < 4.78 is 0. The average Bonchev–Trinajstić information content (AvgIpc) is 2.71. The van der Waals surface area contributed by atoms with E-state index in [-0.39, 0.29) is 0 Å². The first-order valence-corrected chi connectivity index (χ1v) is 6.82. The van der Waals surface area contributed by atoms with E-state index in [0.29, 0.717) is 6.04 Å². The van der Waals surface area contributed by atoms with Crippen LogP contribution >= 0.6 is 0 Å². The van der Waals surface area contributed by atoms with Crippen LogP contribution in [0.5, 0.6) is 0 Å². The van der Waals surface area contributed by atoms with E-state index in [1.807, 2.05) is 0 Å². The highest BCUT2D eigenvalue weighted by Gasteiger charge is 2.18. The van der Waals surface area contributed by atoms with Gasteiger partial charge in [-0.05, 0) is 44.7 Å². The fourth-order valence-electron chi connectivity index (χ4n) is 3.20. The molecule has 0 aromatic heterocycles. The monoisotopic (exact) mass is 210 g/mol. The summed E-state index contributed by atoms with van der Waals surface area (Å²) in [5, 5.41) is 0. The zero-order chi connectivity index (χ0) is 10.5. The molecule has 2 nitrogen and oxygen atoms in total. The number of rotatable bonds is 4. The van der Waals surface area contributed by atoms with E-state index in [2.05, 4.69) is 4.90 Å². The smallest absolute Gasteiger partial charge is 0.0168 e. The minimum absolute atomic E-state index is 0.449. The van der Waals surface area contributed by atoms with Crippen LogP contribution in [0.1, 0.15) is 51.4 Å². The molecule has 0 aromatic rings. The van der Waals surface area contributed by atoms with Gasteiger partial charge in [0.2, 0.25) is 0 Å². The maximum Gasteiger partial charge on any atom is 0.0168 e. The molecular formula is C13H26N2. The van der Waals surface area contributed by atoms with Crippen LogP contribution in [0.3, 0.4) is 0 Å². The van der Waals surface area contributed by atoms with Gasteiger partial charge in [-0.3, -0.25) is 0 Å². The van der Waals surface area contributed by atoms with Crippen molar-refractivity contribution in [2.24, 2.45) is 11.7 Å². The van der Waals surface area contributed by atoms with Gasteiger partial charge in [0.05, 0.1) is 0 Å².